The summed E-state index contributed by atoms with van der Waals surface area (Å²) >= 11 is 0. The summed E-state index contributed by atoms with van der Waals surface area (Å²) in [5, 5.41) is 10.8. The standard InChI is InChI=1S/C22H25N3O5/c1-3-27-18-11-10-14(12-19(18)28-4-2)16-13-20(30-24-16)23-22(26)21-15-8-6-5-7-9-17(15)29-25-21/h10-13H,3-9H2,1-2H3,(H,23,26). The first-order valence-corrected chi connectivity index (χ1v) is 10.3. The summed E-state index contributed by atoms with van der Waals surface area (Å²) in [6.45, 7) is 4.90. The summed E-state index contributed by atoms with van der Waals surface area (Å²) < 4.78 is 22.0. The lowest BCUT2D eigenvalue weighted by Crippen LogP contribution is -2.14. The average Bonchev–Trinajstić information content (AvgIpc) is 3.30. The second kappa shape index (κ2) is 9.02. The molecule has 0 unspecified atom stereocenters. The molecular weight excluding hydrogens is 386 g/mol. The molecular formula is C22H25N3O5. The van der Waals surface area contributed by atoms with Crippen LogP contribution < -0.4 is 14.8 Å². The Kier molecular flexibility index (Phi) is 6.02. The Labute approximate surface area is 174 Å². The van der Waals surface area contributed by atoms with Gasteiger partial charge in [0.2, 0.25) is 5.88 Å². The maximum atomic E-state index is 12.7. The number of fused-ring (bicyclic) bond motifs is 1. The topological polar surface area (TPSA) is 99.6 Å². The van der Waals surface area contributed by atoms with Gasteiger partial charge in [-0.25, -0.2) is 0 Å². The number of nitrogens with one attached hydrogen (secondary N) is 1. The number of aryl methyl sites for hydroxylation is 1. The molecule has 2 aromatic heterocycles. The smallest absolute Gasteiger partial charge is 0.280 e. The van der Waals surface area contributed by atoms with Crippen LogP contribution >= 0.6 is 0 Å². The number of carbonyl (C=O) groups excluding carboxylic acids is 1. The Morgan fingerprint density at radius 2 is 1.80 bits per heavy atom. The van der Waals surface area contributed by atoms with E-state index in [1.165, 1.54) is 0 Å². The van der Waals surface area contributed by atoms with Crippen LogP contribution in [-0.4, -0.2) is 29.4 Å². The van der Waals surface area contributed by atoms with Crippen LogP contribution in [0.1, 0.15) is 54.9 Å². The van der Waals surface area contributed by atoms with Crippen LogP contribution in [0.25, 0.3) is 11.3 Å². The SMILES string of the molecule is CCOc1ccc(-c2cc(NC(=O)c3noc4c3CCCCC4)on2)cc1OCC. The van der Waals surface area contributed by atoms with Gasteiger partial charge in [0.15, 0.2) is 17.2 Å². The Balaban J connectivity index is 1.51. The van der Waals surface area contributed by atoms with E-state index in [9.17, 15) is 4.79 Å². The predicted octanol–water partition coefficient (Wildman–Crippen LogP) is 4.65. The third-order valence-electron chi connectivity index (χ3n) is 5.00. The van der Waals surface area contributed by atoms with Crippen molar-refractivity contribution in [1.82, 2.24) is 10.3 Å². The zero-order valence-electron chi connectivity index (χ0n) is 17.2. The highest BCUT2D eigenvalue weighted by Crippen LogP contribution is 2.33. The van der Waals surface area contributed by atoms with Crippen LogP contribution in [0.4, 0.5) is 5.88 Å². The fraction of sp³-hybridized carbons (Fsp3) is 0.409. The van der Waals surface area contributed by atoms with E-state index >= 15 is 0 Å². The minimum Gasteiger partial charge on any atom is -0.490 e. The summed E-state index contributed by atoms with van der Waals surface area (Å²) in [7, 11) is 0. The van der Waals surface area contributed by atoms with Gasteiger partial charge < -0.3 is 18.5 Å². The highest BCUT2D eigenvalue weighted by molar-refractivity contribution is 6.03. The van der Waals surface area contributed by atoms with Crippen molar-refractivity contribution < 1.29 is 23.3 Å². The molecule has 0 radical (unpaired) electrons. The fourth-order valence-corrected chi connectivity index (χ4v) is 3.59. The van der Waals surface area contributed by atoms with E-state index in [2.05, 4.69) is 15.6 Å². The van der Waals surface area contributed by atoms with Crippen LogP contribution in [0.3, 0.4) is 0 Å². The summed E-state index contributed by atoms with van der Waals surface area (Å²) in [5.74, 6) is 2.01. The highest BCUT2D eigenvalue weighted by atomic mass is 16.5. The number of rotatable bonds is 7. The number of nitrogens with zero attached hydrogens (tertiary/aromatic N) is 2. The molecule has 0 bridgehead atoms. The molecule has 30 heavy (non-hydrogen) atoms. The van der Waals surface area contributed by atoms with Crippen molar-refractivity contribution in [3.63, 3.8) is 0 Å². The molecule has 0 saturated heterocycles. The molecule has 1 amide bonds. The van der Waals surface area contributed by atoms with E-state index in [-0.39, 0.29) is 11.8 Å². The van der Waals surface area contributed by atoms with E-state index in [1.807, 2.05) is 32.0 Å². The lowest BCUT2D eigenvalue weighted by molar-refractivity contribution is 0.101. The molecule has 0 fully saturated rings. The van der Waals surface area contributed by atoms with Gasteiger partial charge in [-0.15, -0.1) is 0 Å². The first kappa shape index (κ1) is 20.0. The quantitative estimate of drug-likeness (QED) is 0.565. The average molecular weight is 411 g/mol. The lowest BCUT2D eigenvalue weighted by atomic mass is 10.1. The van der Waals surface area contributed by atoms with Crippen LogP contribution in [-0.2, 0) is 12.8 Å². The van der Waals surface area contributed by atoms with Crippen LogP contribution in [0, 0.1) is 0 Å². The number of ether oxygens (including phenoxy) is 2. The van der Waals surface area contributed by atoms with Crippen molar-refractivity contribution in [3.05, 3.63) is 41.3 Å². The number of hydrogen-bond donors (Lipinski definition) is 1. The van der Waals surface area contributed by atoms with Crippen molar-refractivity contribution in [1.29, 1.82) is 0 Å². The second-order valence-electron chi connectivity index (χ2n) is 7.05. The highest BCUT2D eigenvalue weighted by Gasteiger charge is 2.24. The number of aromatic nitrogens is 2. The maximum Gasteiger partial charge on any atom is 0.280 e. The van der Waals surface area contributed by atoms with E-state index in [0.717, 1.165) is 49.0 Å². The zero-order valence-corrected chi connectivity index (χ0v) is 17.2. The monoisotopic (exact) mass is 411 g/mol. The summed E-state index contributed by atoms with van der Waals surface area (Å²) in [6, 6.07) is 7.22. The third kappa shape index (κ3) is 4.17. The molecule has 1 aromatic carbocycles. The number of benzene rings is 1. The fourth-order valence-electron chi connectivity index (χ4n) is 3.59. The van der Waals surface area contributed by atoms with E-state index in [4.69, 9.17) is 18.5 Å². The number of carbonyl (C=O) groups is 1. The lowest BCUT2D eigenvalue weighted by Gasteiger charge is -2.11. The van der Waals surface area contributed by atoms with Crippen LogP contribution in [0.15, 0.2) is 33.3 Å². The second-order valence-corrected chi connectivity index (χ2v) is 7.05. The molecule has 1 aliphatic rings. The number of hydrogen-bond acceptors (Lipinski definition) is 7. The maximum absolute atomic E-state index is 12.7. The zero-order chi connectivity index (χ0) is 20.9. The largest absolute Gasteiger partial charge is 0.490 e. The van der Waals surface area contributed by atoms with Gasteiger partial charge in [0.25, 0.3) is 5.91 Å². The van der Waals surface area contributed by atoms with Crippen molar-refractivity contribution in [2.24, 2.45) is 0 Å². The third-order valence-corrected chi connectivity index (χ3v) is 5.00. The number of anilines is 1. The van der Waals surface area contributed by atoms with E-state index in [1.54, 1.807) is 6.07 Å². The molecule has 8 heteroatoms. The molecule has 158 valence electrons. The normalized spacial score (nSPS) is 13.4. The van der Waals surface area contributed by atoms with Gasteiger partial charge in [0, 0.05) is 23.6 Å². The van der Waals surface area contributed by atoms with E-state index < -0.39 is 0 Å². The minimum atomic E-state index is -0.355. The number of amides is 1. The summed E-state index contributed by atoms with van der Waals surface area (Å²) in [4.78, 5) is 12.7. The molecule has 4 rings (SSSR count). The Hall–Kier alpha value is -3.29. The summed E-state index contributed by atoms with van der Waals surface area (Å²) in [5.41, 5.74) is 2.59. The molecule has 0 aliphatic heterocycles. The molecule has 0 saturated carbocycles. The van der Waals surface area contributed by atoms with Gasteiger partial charge in [-0.2, -0.15) is 0 Å². The van der Waals surface area contributed by atoms with Gasteiger partial charge in [-0.3, -0.25) is 10.1 Å². The predicted molar refractivity (Wildman–Crippen MR) is 110 cm³/mol. The molecule has 2 heterocycles. The van der Waals surface area contributed by atoms with Gasteiger partial charge >= 0.3 is 0 Å². The van der Waals surface area contributed by atoms with Crippen molar-refractivity contribution in [3.8, 4) is 22.8 Å². The Morgan fingerprint density at radius 1 is 1.00 bits per heavy atom. The molecule has 3 aromatic rings. The Bertz CT molecular complexity index is 1020. The van der Waals surface area contributed by atoms with Gasteiger partial charge in [0.1, 0.15) is 11.5 Å². The summed E-state index contributed by atoms with van der Waals surface area (Å²) in [6.07, 6.45) is 4.83. The van der Waals surface area contributed by atoms with Gasteiger partial charge in [0.05, 0.1) is 13.2 Å². The van der Waals surface area contributed by atoms with Crippen molar-refractivity contribution >= 4 is 11.8 Å². The Morgan fingerprint density at radius 3 is 2.63 bits per heavy atom. The molecule has 1 N–H and O–H groups in total. The molecule has 8 nitrogen and oxygen atoms in total. The molecule has 1 aliphatic carbocycles. The first-order valence-electron chi connectivity index (χ1n) is 10.3. The van der Waals surface area contributed by atoms with Crippen LogP contribution in [0.5, 0.6) is 11.5 Å². The molecule has 0 spiro atoms. The molecule has 0 atom stereocenters. The van der Waals surface area contributed by atoms with Gasteiger partial charge in [-0.1, -0.05) is 16.7 Å². The van der Waals surface area contributed by atoms with Crippen molar-refractivity contribution in [2.45, 2.75) is 46.0 Å². The first-order chi connectivity index (χ1) is 14.7. The minimum absolute atomic E-state index is 0.243. The van der Waals surface area contributed by atoms with Gasteiger partial charge in [-0.05, 0) is 51.3 Å². The van der Waals surface area contributed by atoms with E-state index in [0.29, 0.717) is 36.1 Å². The van der Waals surface area contributed by atoms with Crippen LogP contribution in [0.2, 0.25) is 0 Å². The van der Waals surface area contributed by atoms with Crippen molar-refractivity contribution in [2.75, 3.05) is 18.5 Å².